The Bertz CT molecular complexity index is 624. The molecule has 2 aromatic rings. The molecule has 0 unspecified atom stereocenters. The Balaban J connectivity index is 2.13. The third-order valence-corrected chi connectivity index (χ3v) is 4.35. The number of thiocarbonyl (C=S) groups is 1. The van der Waals surface area contributed by atoms with E-state index in [2.05, 4.69) is 0 Å². The molecule has 21 heavy (non-hydrogen) atoms. The summed E-state index contributed by atoms with van der Waals surface area (Å²) in [6.45, 7) is 2.21. The van der Waals surface area contributed by atoms with Crippen LogP contribution in [0.1, 0.15) is 18.1 Å². The Morgan fingerprint density at radius 2 is 1.76 bits per heavy atom. The smallest absolute Gasteiger partial charge is 0.310 e. The van der Waals surface area contributed by atoms with E-state index in [4.69, 9.17) is 17.0 Å². The quantitative estimate of drug-likeness (QED) is 0.468. The van der Waals surface area contributed by atoms with E-state index in [1.54, 1.807) is 0 Å². The summed E-state index contributed by atoms with van der Waals surface area (Å²) >= 11 is 6.98. The van der Waals surface area contributed by atoms with Gasteiger partial charge in [-0.15, -0.1) is 0 Å². The van der Waals surface area contributed by atoms with Gasteiger partial charge in [0.1, 0.15) is 0 Å². The van der Waals surface area contributed by atoms with E-state index >= 15 is 0 Å². The van der Waals surface area contributed by atoms with Crippen molar-refractivity contribution >= 4 is 34.1 Å². The summed E-state index contributed by atoms with van der Waals surface area (Å²) < 4.78 is 5.81. The molecule has 0 saturated carbocycles. The summed E-state index contributed by atoms with van der Waals surface area (Å²) in [5.41, 5.74) is 1.96. The number of benzene rings is 2. The number of carbonyl (C=O) groups excluding carboxylic acids is 1. The van der Waals surface area contributed by atoms with Gasteiger partial charge in [0.05, 0.1) is 17.2 Å². The van der Waals surface area contributed by atoms with Crippen LogP contribution >= 0.6 is 24.0 Å². The van der Waals surface area contributed by atoms with Gasteiger partial charge in [0.2, 0.25) is 0 Å². The highest BCUT2D eigenvalue weighted by Gasteiger charge is 2.11. The molecule has 0 saturated heterocycles. The van der Waals surface area contributed by atoms with E-state index in [1.165, 1.54) is 11.8 Å². The molecule has 0 spiro atoms. The van der Waals surface area contributed by atoms with Crippen LogP contribution in [0.2, 0.25) is 0 Å². The van der Waals surface area contributed by atoms with Crippen LogP contribution in [-0.2, 0) is 16.0 Å². The predicted octanol–water partition coefficient (Wildman–Crippen LogP) is 4.26. The minimum atomic E-state index is -0.212. The standard InChI is InChI=1S/C17H16O2S2/c1-2-19-16(18)12-14-10-6-7-11-15(14)21-17(20)13-8-4-3-5-9-13/h3-11H,2,12H2,1H3. The summed E-state index contributed by atoms with van der Waals surface area (Å²) in [7, 11) is 0. The second-order valence-corrected chi connectivity index (χ2v) is 6.06. The average Bonchev–Trinajstić information content (AvgIpc) is 2.50. The predicted molar refractivity (Wildman–Crippen MR) is 90.8 cm³/mol. The van der Waals surface area contributed by atoms with E-state index in [9.17, 15) is 4.79 Å². The van der Waals surface area contributed by atoms with Crippen LogP contribution in [0.15, 0.2) is 59.5 Å². The Labute approximate surface area is 134 Å². The molecule has 0 fully saturated rings. The Hall–Kier alpha value is -1.65. The Morgan fingerprint density at radius 3 is 2.48 bits per heavy atom. The largest absolute Gasteiger partial charge is 0.466 e. The van der Waals surface area contributed by atoms with Crippen LogP contribution in [0.25, 0.3) is 0 Å². The molecule has 0 atom stereocenters. The van der Waals surface area contributed by atoms with Crippen molar-refractivity contribution in [1.82, 2.24) is 0 Å². The fraction of sp³-hybridized carbons (Fsp3) is 0.176. The number of carbonyl (C=O) groups is 1. The molecule has 0 amide bonds. The lowest BCUT2D eigenvalue weighted by atomic mass is 10.1. The number of thioether (sulfide) groups is 1. The van der Waals surface area contributed by atoms with Crippen LogP contribution in [0.5, 0.6) is 0 Å². The number of hydrogen-bond acceptors (Lipinski definition) is 4. The molecule has 108 valence electrons. The highest BCUT2D eigenvalue weighted by Crippen LogP contribution is 2.27. The minimum Gasteiger partial charge on any atom is -0.466 e. The maximum absolute atomic E-state index is 11.7. The van der Waals surface area contributed by atoms with Gasteiger partial charge < -0.3 is 4.74 Å². The van der Waals surface area contributed by atoms with Crippen molar-refractivity contribution in [3.63, 3.8) is 0 Å². The molecule has 0 N–H and O–H groups in total. The Morgan fingerprint density at radius 1 is 1.10 bits per heavy atom. The fourth-order valence-electron chi connectivity index (χ4n) is 1.85. The highest BCUT2D eigenvalue weighted by atomic mass is 32.2. The van der Waals surface area contributed by atoms with Crippen molar-refractivity contribution in [1.29, 1.82) is 0 Å². The van der Waals surface area contributed by atoms with E-state index in [1.807, 2.05) is 61.5 Å². The molecule has 0 heterocycles. The van der Waals surface area contributed by atoms with Crippen LogP contribution in [0.3, 0.4) is 0 Å². The third-order valence-electron chi connectivity index (χ3n) is 2.82. The SMILES string of the molecule is CCOC(=O)Cc1ccccc1SC(=S)c1ccccc1. The van der Waals surface area contributed by atoms with Crippen LogP contribution in [0, 0.1) is 0 Å². The minimum absolute atomic E-state index is 0.212. The van der Waals surface area contributed by atoms with E-state index in [0.29, 0.717) is 6.61 Å². The average molecular weight is 316 g/mol. The summed E-state index contributed by atoms with van der Waals surface area (Å²) in [4.78, 5) is 12.7. The van der Waals surface area contributed by atoms with Gasteiger partial charge in [0, 0.05) is 4.90 Å². The normalized spacial score (nSPS) is 10.1. The molecule has 0 aromatic heterocycles. The van der Waals surface area contributed by atoms with Crippen molar-refractivity contribution < 1.29 is 9.53 Å². The van der Waals surface area contributed by atoms with Crippen molar-refractivity contribution in [3.8, 4) is 0 Å². The first-order valence-electron chi connectivity index (χ1n) is 6.71. The summed E-state index contributed by atoms with van der Waals surface area (Å²) in [6, 6.07) is 17.7. The molecule has 2 aromatic carbocycles. The molecular formula is C17H16O2S2. The van der Waals surface area contributed by atoms with Gasteiger partial charge in [-0.25, -0.2) is 0 Å². The second kappa shape index (κ2) is 7.96. The fourth-order valence-corrected chi connectivity index (χ4v) is 3.13. The molecule has 0 aliphatic rings. The molecule has 0 bridgehead atoms. The third kappa shape index (κ3) is 4.69. The highest BCUT2D eigenvalue weighted by molar-refractivity contribution is 8.23. The molecule has 2 nitrogen and oxygen atoms in total. The first-order valence-corrected chi connectivity index (χ1v) is 7.94. The lowest BCUT2D eigenvalue weighted by Crippen LogP contribution is -2.08. The topological polar surface area (TPSA) is 26.3 Å². The molecular weight excluding hydrogens is 300 g/mol. The molecule has 0 aliphatic heterocycles. The summed E-state index contributed by atoms with van der Waals surface area (Å²) in [5, 5.41) is 0. The van der Waals surface area contributed by atoms with Gasteiger partial charge in [-0.3, -0.25) is 4.79 Å². The number of rotatable bonds is 5. The van der Waals surface area contributed by atoms with Crippen molar-refractivity contribution in [2.24, 2.45) is 0 Å². The lowest BCUT2D eigenvalue weighted by Gasteiger charge is -2.09. The molecule has 4 heteroatoms. The molecule has 2 rings (SSSR count). The van der Waals surface area contributed by atoms with Crippen LogP contribution < -0.4 is 0 Å². The summed E-state index contributed by atoms with van der Waals surface area (Å²) in [5.74, 6) is -0.212. The second-order valence-electron chi connectivity index (χ2n) is 4.35. The monoisotopic (exact) mass is 316 g/mol. The number of ether oxygens (including phenoxy) is 1. The van der Waals surface area contributed by atoms with Gasteiger partial charge in [0.25, 0.3) is 0 Å². The zero-order valence-electron chi connectivity index (χ0n) is 11.7. The van der Waals surface area contributed by atoms with Crippen LogP contribution in [0.4, 0.5) is 0 Å². The molecule has 0 radical (unpaired) electrons. The first kappa shape index (κ1) is 15.7. The van der Waals surface area contributed by atoms with Gasteiger partial charge in [-0.05, 0) is 24.1 Å². The van der Waals surface area contributed by atoms with Crippen molar-refractivity contribution in [3.05, 3.63) is 65.7 Å². The maximum Gasteiger partial charge on any atom is 0.310 e. The van der Waals surface area contributed by atoms with Gasteiger partial charge in [-0.1, -0.05) is 72.5 Å². The lowest BCUT2D eigenvalue weighted by molar-refractivity contribution is -0.142. The van der Waals surface area contributed by atoms with Gasteiger partial charge in [0.15, 0.2) is 0 Å². The summed E-state index contributed by atoms with van der Waals surface area (Å²) in [6.07, 6.45) is 0.272. The zero-order chi connectivity index (χ0) is 15.1. The zero-order valence-corrected chi connectivity index (χ0v) is 13.4. The number of esters is 1. The van der Waals surface area contributed by atoms with Crippen LogP contribution in [-0.4, -0.2) is 16.8 Å². The van der Waals surface area contributed by atoms with Crippen molar-refractivity contribution in [2.75, 3.05) is 6.61 Å². The molecule has 0 aliphatic carbocycles. The maximum atomic E-state index is 11.7. The van der Waals surface area contributed by atoms with Crippen molar-refractivity contribution in [2.45, 2.75) is 18.2 Å². The Kier molecular flexibility index (Phi) is 5.96. The van der Waals surface area contributed by atoms with Gasteiger partial charge in [-0.2, -0.15) is 0 Å². The first-order chi connectivity index (χ1) is 10.2. The van der Waals surface area contributed by atoms with E-state index in [0.717, 1.165) is 20.2 Å². The van der Waals surface area contributed by atoms with E-state index in [-0.39, 0.29) is 12.4 Å². The van der Waals surface area contributed by atoms with E-state index < -0.39 is 0 Å². The number of hydrogen-bond donors (Lipinski definition) is 0. The van der Waals surface area contributed by atoms with Gasteiger partial charge >= 0.3 is 5.97 Å².